The van der Waals surface area contributed by atoms with E-state index in [1.165, 1.54) is 0 Å². The molecule has 2 aromatic rings. The average molecular weight is 306 g/mol. The molecule has 3 heteroatoms. The molecule has 2 N–H and O–H groups in total. The number of para-hydroxylation sites is 1. The molecule has 0 aliphatic heterocycles. The molecule has 0 aliphatic rings. The number of hydrogen-bond donors (Lipinski definition) is 1. The number of rotatable bonds is 6. The molecule has 0 radical (unpaired) electrons. The first-order chi connectivity index (χ1) is 11.1. The first kappa shape index (κ1) is 16.7. The van der Waals surface area contributed by atoms with Crippen LogP contribution in [0.15, 0.2) is 61.2 Å². The highest BCUT2D eigenvalue weighted by Crippen LogP contribution is 2.28. The molecule has 0 fully saturated rings. The zero-order valence-electron chi connectivity index (χ0n) is 13.6. The van der Waals surface area contributed by atoms with Crippen molar-refractivity contribution in [2.45, 2.75) is 20.4 Å². The second-order valence-electron chi connectivity index (χ2n) is 5.29. The van der Waals surface area contributed by atoms with Crippen molar-refractivity contribution in [1.29, 1.82) is 0 Å². The van der Waals surface area contributed by atoms with E-state index < -0.39 is 0 Å². The normalized spacial score (nSPS) is 11.4. The van der Waals surface area contributed by atoms with E-state index in [0.29, 0.717) is 12.1 Å². The number of benzene rings is 1. The Balaban J connectivity index is 2.66. The highest BCUT2D eigenvalue weighted by atomic mass is 16.1. The number of aryl methyl sites for hydroxylation is 1. The van der Waals surface area contributed by atoms with Crippen molar-refractivity contribution >= 4 is 11.9 Å². The van der Waals surface area contributed by atoms with Crippen LogP contribution in [-0.2, 0) is 6.54 Å². The number of hydrogen-bond acceptors (Lipinski definition) is 2. The van der Waals surface area contributed by atoms with E-state index in [0.717, 1.165) is 34.5 Å². The molecule has 118 valence electrons. The standard InChI is InChI=1S/C20H22N2O/c1-4-5-6-9-15(2)20-18(14-23)12-16(3)22(20)19-11-8-7-10-17(19)13-21/h4-12,14H,2,13,21H2,1,3H3/b5-4-,9-6-. The maximum Gasteiger partial charge on any atom is 0.152 e. The molecule has 0 amide bonds. The second kappa shape index (κ2) is 7.56. The number of nitrogens with zero attached hydrogens (tertiary/aromatic N) is 1. The van der Waals surface area contributed by atoms with Gasteiger partial charge < -0.3 is 10.3 Å². The van der Waals surface area contributed by atoms with Gasteiger partial charge in [0.15, 0.2) is 6.29 Å². The highest BCUT2D eigenvalue weighted by Gasteiger charge is 2.16. The van der Waals surface area contributed by atoms with E-state index in [1.54, 1.807) is 0 Å². The van der Waals surface area contributed by atoms with Gasteiger partial charge in [0.05, 0.1) is 11.4 Å². The maximum absolute atomic E-state index is 11.5. The first-order valence-corrected chi connectivity index (χ1v) is 7.58. The molecule has 0 saturated carbocycles. The molecular formula is C20H22N2O. The molecular weight excluding hydrogens is 284 g/mol. The lowest BCUT2D eigenvalue weighted by Crippen LogP contribution is -2.08. The molecule has 1 heterocycles. The quantitative estimate of drug-likeness (QED) is 0.642. The van der Waals surface area contributed by atoms with Crippen LogP contribution in [0.1, 0.15) is 34.2 Å². The average Bonchev–Trinajstić information content (AvgIpc) is 2.91. The smallest absolute Gasteiger partial charge is 0.152 e. The number of aromatic nitrogens is 1. The topological polar surface area (TPSA) is 48.0 Å². The maximum atomic E-state index is 11.5. The number of carbonyl (C=O) groups excluding carboxylic acids is 1. The Labute approximate surface area is 137 Å². The summed E-state index contributed by atoms with van der Waals surface area (Å²) in [5.74, 6) is 0. The molecule has 3 nitrogen and oxygen atoms in total. The van der Waals surface area contributed by atoms with Crippen LogP contribution in [-0.4, -0.2) is 10.9 Å². The molecule has 2 rings (SSSR count). The molecule has 0 unspecified atom stereocenters. The van der Waals surface area contributed by atoms with Crippen LogP contribution in [0.3, 0.4) is 0 Å². The van der Waals surface area contributed by atoms with E-state index >= 15 is 0 Å². The van der Waals surface area contributed by atoms with Crippen molar-refractivity contribution in [1.82, 2.24) is 4.57 Å². The summed E-state index contributed by atoms with van der Waals surface area (Å²) in [6, 6.07) is 9.82. The third kappa shape index (κ3) is 3.41. The zero-order chi connectivity index (χ0) is 16.8. The van der Waals surface area contributed by atoms with Crippen LogP contribution in [0.25, 0.3) is 11.3 Å². The number of aldehydes is 1. The van der Waals surface area contributed by atoms with Crippen LogP contribution < -0.4 is 5.73 Å². The van der Waals surface area contributed by atoms with Gasteiger partial charge >= 0.3 is 0 Å². The van der Waals surface area contributed by atoms with Gasteiger partial charge in [0.25, 0.3) is 0 Å². The fourth-order valence-corrected chi connectivity index (χ4v) is 2.66. The van der Waals surface area contributed by atoms with Gasteiger partial charge in [0.1, 0.15) is 0 Å². The monoisotopic (exact) mass is 306 g/mol. The number of carbonyl (C=O) groups is 1. The molecule has 1 aromatic heterocycles. The zero-order valence-corrected chi connectivity index (χ0v) is 13.6. The van der Waals surface area contributed by atoms with Gasteiger partial charge in [-0.25, -0.2) is 0 Å². The van der Waals surface area contributed by atoms with Gasteiger partial charge in [-0.15, -0.1) is 0 Å². The lowest BCUT2D eigenvalue weighted by atomic mass is 10.1. The van der Waals surface area contributed by atoms with Crippen LogP contribution >= 0.6 is 0 Å². The summed E-state index contributed by atoms with van der Waals surface area (Å²) in [4.78, 5) is 11.5. The van der Waals surface area contributed by atoms with E-state index in [9.17, 15) is 4.79 Å². The lowest BCUT2D eigenvalue weighted by molar-refractivity contribution is 0.112. The number of nitrogens with two attached hydrogens (primary N) is 1. The van der Waals surface area contributed by atoms with Crippen LogP contribution in [0.5, 0.6) is 0 Å². The van der Waals surface area contributed by atoms with Gasteiger partial charge in [-0.2, -0.15) is 0 Å². The SMILES string of the molecule is C=C(/C=C\C=C/C)c1c(C=O)cc(C)n1-c1ccccc1CN. The third-order valence-electron chi connectivity index (χ3n) is 3.70. The van der Waals surface area contributed by atoms with Gasteiger partial charge in [0.2, 0.25) is 0 Å². The summed E-state index contributed by atoms with van der Waals surface area (Å²) in [7, 11) is 0. The number of allylic oxidation sites excluding steroid dienone is 5. The van der Waals surface area contributed by atoms with Crippen molar-refractivity contribution < 1.29 is 4.79 Å². The van der Waals surface area contributed by atoms with Crippen molar-refractivity contribution in [2.24, 2.45) is 5.73 Å². The van der Waals surface area contributed by atoms with Crippen molar-refractivity contribution in [2.75, 3.05) is 0 Å². The van der Waals surface area contributed by atoms with E-state index in [1.807, 2.05) is 73.1 Å². The molecule has 23 heavy (non-hydrogen) atoms. The largest absolute Gasteiger partial charge is 0.326 e. The summed E-state index contributed by atoms with van der Waals surface area (Å²) in [6.07, 6.45) is 8.57. The molecule has 0 atom stereocenters. The Morgan fingerprint density at radius 1 is 1.30 bits per heavy atom. The fourth-order valence-electron chi connectivity index (χ4n) is 2.66. The Hall–Kier alpha value is -2.65. The molecule has 0 spiro atoms. The third-order valence-corrected chi connectivity index (χ3v) is 3.70. The summed E-state index contributed by atoms with van der Waals surface area (Å²) in [5.41, 5.74) is 11.1. The lowest BCUT2D eigenvalue weighted by Gasteiger charge is -2.16. The van der Waals surface area contributed by atoms with Crippen molar-refractivity contribution in [3.8, 4) is 5.69 Å². The Morgan fingerprint density at radius 3 is 2.70 bits per heavy atom. The Kier molecular flexibility index (Phi) is 5.50. The van der Waals surface area contributed by atoms with E-state index in [-0.39, 0.29) is 0 Å². The summed E-state index contributed by atoms with van der Waals surface area (Å²) >= 11 is 0. The minimum absolute atomic E-state index is 0.435. The van der Waals surface area contributed by atoms with Crippen LogP contribution in [0.2, 0.25) is 0 Å². The molecule has 1 aromatic carbocycles. The minimum atomic E-state index is 0.435. The van der Waals surface area contributed by atoms with Crippen molar-refractivity contribution in [3.63, 3.8) is 0 Å². The summed E-state index contributed by atoms with van der Waals surface area (Å²) in [5, 5.41) is 0. The Bertz CT molecular complexity index is 779. The van der Waals surface area contributed by atoms with Crippen LogP contribution in [0, 0.1) is 6.92 Å². The van der Waals surface area contributed by atoms with E-state index in [2.05, 4.69) is 6.58 Å². The molecule has 0 aliphatic carbocycles. The molecule has 0 saturated heterocycles. The van der Waals surface area contributed by atoms with Gasteiger partial charge in [-0.3, -0.25) is 4.79 Å². The fraction of sp³-hybridized carbons (Fsp3) is 0.150. The summed E-state index contributed by atoms with van der Waals surface area (Å²) in [6.45, 7) is 8.50. The molecule has 0 bridgehead atoms. The highest BCUT2D eigenvalue weighted by molar-refractivity contribution is 5.88. The predicted octanol–water partition coefficient (Wildman–Crippen LogP) is 4.20. The van der Waals surface area contributed by atoms with E-state index in [4.69, 9.17) is 5.73 Å². The van der Waals surface area contributed by atoms with Gasteiger partial charge in [0, 0.05) is 17.8 Å². The second-order valence-corrected chi connectivity index (χ2v) is 5.29. The Morgan fingerprint density at radius 2 is 2.04 bits per heavy atom. The first-order valence-electron chi connectivity index (χ1n) is 7.58. The van der Waals surface area contributed by atoms with Gasteiger partial charge in [-0.1, -0.05) is 49.1 Å². The van der Waals surface area contributed by atoms with Crippen molar-refractivity contribution in [3.05, 3.63) is 83.7 Å². The van der Waals surface area contributed by atoms with Gasteiger partial charge in [-0.05, 0) is 37.1 Å². The minimum Gasteiger partial charge on any atom is -0.326 e. The van der Waals surface area contributed by atoms with Crippen LogP contribution in [0.4, 0.5) is 0 Å². The summed E-state index contributed by atoms with van der Waals surface area (Å²) < 4.78 is 2.05. The predicted molar refractivity (Wildman–Crippen MR) is 96.8 cm³/mol.